The van der Waals surface area contributed by atoms with Gasteiger partial charge in [0.05, 0.1) is 6.20 Å². The van der Waals surface area contributed by atoms with Crippen molar-refractivity contribution in [2.24, 2.45) is 0 Å². The van der Waals surface area contributed by atoms with Gasteiger partial charge in [-0.15, -0.1) is 0 Å². The summed E-state index contributed by atoms with van der Waals surface area (Å²) in [5, 5.41) is 11.5. The zero-order valence-electron chi connectivity index (χ0n) is 11.0. The van der Waals surface area contributed by atoms with Crippen LogP contribution in [0.5, 0.6) is 11.6 Å². The number of carboxylic acid groups (broad SMARTS) is 1. The Morgan fingerprint density at radius 1 is 1.40 bits per heavy atom. The van der Waals surface area contributed by atoms with E-state index in [2.05, 4.69) is 15.3 Å². The van der Waals surface area contributed by atoms with E-state index in [0.29, 0.717) is 10.9 Å². The average molecular weight is 291 g/mol. The van der Waals surface area contributed by atoms with Crippen LogP contribution in [0.1, 0.15) is 5.56 Å². The van der Waals surface area contributed by atoms with Gasteiger partial charge in [-0.1, -0.05) is 30.0 Å². The summed E-state index contributed by atoms with van der Waals surface area (Å²) in [4.78, 5) is 19.0. The van der Waals surface area contributed by atoms with Gasteiger partial charge in [-0.25, -0.2) is 9.78 Å². The van der Waals surface area contributed by atoms with E-state index >= 15 is 0 Å². The summed E-state index contributed by atoms with van der Waals surface area (Å²) in [6.45, 7) is 1.90. The van der Waals surface area contributed by atoms with E-state index in [1.807, 2.05) is 31.4 Å². The van der Waals surface area contributed by atoms with Crippen LogP contribution in [0.4, 0.5) is 10.5 Å². The highest BCUT2D eigenvalue weighted by Crippen LogP contribution is 2.30. The van der Waals surface area contributed by atoms with Gasteiger partial charge in [0.1, 0.15) is 11.4 Å². The number of aromatic nitrogens is 2. The lowest BCUT2D eigenvalue weighted by atomic mass is 10.2. The van der Waals surface area contributed by atoms with Crippen LogP contribution < -0.4 is 10.1 Å². The van der Waals surface area contributed by atoms with Crippen molar-refractivity contribution < 1.29 is 14.6 Å². The van der Waals surface area contributed by atoms with Crippen molar-refractivity contribution in [3.05, 3.63) is 36.0 Å². The molecule has 2 aromatic rings. The number of thioether (sulfide) groups is 1. The summed E-state index contributed by atoms with van der Waals surface area (Å²) in [6, 6.07) is 7.42. The fourth-order valence-electron chi connectivity index (χ4n) is 1.50. The molecule has 0 aliphatic heterocycles. The normalized spacial score (nSPS) is 10.1. The van der Waals surface area contributed by atoms with Crippen molar-refractivity contribution in [1.82, 2.24) is 9.97 Å². The standard InChI is InChI=1S/C13H13N3O3S/c1-8-5-3-4-6-10(8)19-11-9(15-13(17)18)7-14-12(16-11)20-2/h3-7,15H,1-2H3,(H,17,18). The van der Waals surface area contributed by atoms with E-state index < -0.39 is 6.09 Å². The lowest BCUT2D eigenvalue weighted by molar-refractivity contribution is 0.209. The zero-order chi connectivity index (χ0) is 14.5. The predicted molar refractivity (Wildman–Crippen MR) is 76.7 cm³/mol. The molecule has 7 heteroatoms. The molecule has 2 rings (SSSR count). The third-order valence-electron chi connectivity index (χ3n) is 2.46. The van der Waals surface area contributed by atoms with Gasteiger partial charge in [-0.2, -0.15) is 4.98 Å². The van der Waals surface area contributed by atoms with E-state index in [-0.39, 0.29) is 11.6 Å². The summed E-state index contributed by atoms with van der Waals surface area (Å²) in [5.74, 6) is 0.799. The number of nitrogens with zero attached hydrogens (tertiary/aromatic N) is 2. The molecule has 0 unspecified atom stereocenters. The van der Waals surface area contributed by atoms with Crippen molar-refractivity contribution in [2.45, 2.75) is 12.1 Å². The van der Waals surface area contributed by atoms with E-state index in [4.69, 9.17) is 9.84 Å². The Balaban J connectivity index is 2.37. The molecule has 0 aliphatic rings. The quantitative estimate of drug-likeness (QED) is 0.663. The molecule has 2 N–H and O–H groups in total. The number of nitrogens with one attached hydrogen (secondary N) is 1. The van der Waals surface area contributed by atoms with Crippen LogP contribution in [0.25, 0.3) is 0 Å². The Hall–Kier alpha value is -2.28. The Bertz CT molecular complexity index is 634. The molecule has 0 aliphatic carbocycles. The minimum Gasteiger partial charge on any atom is -0.465 e. The van der Waals surface area contributed by atoms with Crippen LogP contribution in [-0.2, 0) is 0 Å². The minimum absolute atomic E-state index is 0.182. The van der Waals surface area contributed by atoms with Crippen LogP contribution in [-0.4, -0.2) is 27.4 Å². The second-order valence-corrected chi connectivity index (χ2v) is 4.65. The summed E-state index contributed by atoms with van der Waals surface area (Å²) < 4.78 is 5.69. The van der Waals surface area contributed by atoms with Gasteiger partial charge >= 0.3 is 6.09 Å². The largest absolute Gasteiger partial charge is 0.465 e. The second kappa shape index (κ2) is 6.25. The zero-order valence-corrected chi connectivity index (χ0v) is 11.8. The monoisotopic (exact) mass is 291 g/mol. The predicted octanol–water partition coefficient (Wildman–Crippen LogP) is 3.39. The van der Waals surface area contributed by atoms with Crippen LogP contribution in [0.2, 0.25) is 0 Å². The first kappa shape index (κ1) is 14.1. The Labute approximate surface area is 120 Å². The molecule has 1 amide bonds. The molecular weight excluding hydrogens is 278 g/mol. The molecule has 1 heterocycles. The number of rotatable bonds is 4. The number of benzene rings is 1. The average Bonchev–Trinajstić information content (AvgIpc) is 2.42. The molecule has 0 bridgehead atoms. The Morgan fingerprint density at radius 2 is 2.15 bits per heavy atom. The van der Waals surface area contributed by atoms with Gasteiger partial charge in [0.2, 0.25) is 5.88 Å². The highest BCUT2D eigenvalue weighted by atomic mass is 32.2. The topological polar surface area (TPSA) is 84.3 Å². The van der Waals surface area contributed by atoms with Crippen LogP contribution in [0, 0.1) is 6.92 Å². The molecule has 0 fully saturated rings. The van der Waals surface area contributed by atoms with Crippen molar-refractivity contribution in [2.75, 3.05) is 11.6 Å². The number of para-hydroxylation sites is 1. The van der Waals surface area contributed by atoms with E-state index in [9.17, 15) is 4.79 Å². The van der Waals surface area contributed by atoms with Gasteiger partial charge < -0.3 is 9.84 Å². The van der Waals surface area contributed by atoms with E-state index in [1.165, 1.54) is 18.0 Å². The fourth-order valence-corrected chi connectivity index (χ4v) is 1.84. The molecule has 6 nitrogen and oxygen atoms in total. The number of hydrogen-bond acceptors (Lipinski definition) is 5. The maximum Gasteiger partial charge on any atom is 0.409 e. The molecule has 0 atom stereocenters. The minimum atomic E-state index is -1.19. The van der Waals surface area contributed by atoms with Crippen molar-refractivity contribution >= 4 is 23.5 Å². The van der Waals surface area contributed by atoms with Crippen molar-refractivity contribution in [3.8, 4) is 11.6 Å². The molecule has 0 saturated heterocycles. The molecular formula is C13H13N3O3S. The lowest BCUT2D eigenvalue weighted by Crippen LogP contribution is -2.10. The number of carbonyl (C=O) groups is 1. The van der Waals surface area contributed by atoms with Gasteiger partial charge in [-0.3, -0.25) is 5.32 Å². The van der Waals surface area contributed by atoms with Crippen molar-refractivity contribution in [3.63, 3.8) is 0 Å². The van der Waals surface area contributed by atoms with Crippen LogP contribution in [0.15, 0.2) is 35.6 Å². The summed E-state index contributed by atoms with van der Waals surface area (Å²) in [6.07, 6.45) is 2.03. The molecule has 1 aromatic heterocycles. The van der Waals surface area contributed by atoms with Crippen molar-refractivity contribution in [1.29, 1.82) is 0 Å². The summed E-state index contributed by atoms with van der Waals surface area (Å²) in [7, 11) is 0. The van der Waals surface area contributed by atoms with Gasteiger partial charge in [0, 0.05) is 0 Å². The first-order valence-electron chi connectivity index (χ1n) is 5.74. The second-order valence-electron chi connectivity index (χ2n) is 3.87. The maximum atomic E-state index is 10.8. The highest BCUT2D eigenvalue weighted by molar-refractivity contribution is 7.98. The Morgan fingerprint density at radius 3 is 2.80 bits per heavy atom. The van der Waals surface area contributed by atoms with Crippen LogP contribution in [0.3, 0.4) is 0 Å². The molecule has 0 spiro atoms. The van der Waals surface area contributed by atoms with Gasteiger partial charge in [-0.05, 0) is 24.8 Å². The first-order chi connectivity index (χ1) is 9.60. The molecule has 0 saturated carbocycles. The fraction of sp³-hybridized carbons (Fsp3) is 0.154. The van der Waals surface area contributed by atoms with E-state index in [1.54, 1.807) is 6.07 Å². The third-order valence-corrected chi connectivity index (χ3v) is 3.02. The van der Waals surface area contributed by atoms with Gasteiger partial charge in [0.15, 0.2) is 5.16 Å². The summed E-state index contributed by atoms with van der Waals surface area (Å²) >= 11 is 1.35. The molecule has 104 valence electrons. The lowest BCUT2D eigenvalue weighted by Gasteiger charge is -2.11. The molecule has 20 heavy (non-hydrogen) atoms. The molecule has 1 aromatic carbocycles. The summed E-state index contributed by atoms with van der Waals surface area (Å²) in [5.41, 5.74) is 1.14. The smallest absolute Gasteiger partial charge is 0.409 e. The highest BCUT2D eigenvalue weighted by Gasteiger charge is 2.12. The number of amides is 1. The van der Waals surface area contributed by atoms with Crippen LogP contribution >= 0.6 is 11.8 Å². The number of ether oxygens (including phenoxy) is 1. The maximum absolute atomic E-state index is 10.8. The number of anilines is 1. The first-order valence-corrected chi connectivity index (χ1v) is 6.97. The Kier molecular flexibility index (Phi) is 4.41. The number of hydrogen-bond donors (Lipinski definition) is 2. The third kappa shape index (κ3) is 3.39. The number of aryl methyl sites for hydroxylation is 1. The molecule has 0 radical (unpaired) electrons. The SMILES string of the molecule is CSc1ncc(NC(=O)O)c(Oc2ccccc2C)n1. The van der Waals surface area contributed by atoms with Gasteiger partial charge in [0.25, 0.3) is 0 Å². The van der Waals surface area contributed by atoms with E-state index in [0.717, 1.165) is 5.56 Å².